The molecule has 0 bridgehead atoms. The van der Waals surface area contributed by atoms with Crippen LogP contribution in [0, 0.1) is 20.2 Å². The average molecular weight is 936 g/mol. The number of aromatic hydroxyl groups is 4. The van der Waals surface area contributed by atoms with Gasteiger partial charge in [0, 0.05) is 50.6 Å². The van der Waals surface area contributed by atoms with Crippen molar-refractivity contribution < 1.29 is 72.1 Å². The van der Waals surface area contributed by atoms with Crippen molar-refractivity contribution in [3.8, 4) is 28.7 Å². The minimum absolute atomic E-state index is 0. The van der Waals surface area contributed by atoms with E-state index in [-0.39, 0.29) is 58.3 Å². The van der Waals surface area contributed by atoms with Crippen LogP contribution in [-0.4, -0.2) is 53.9 Å². The van der Waals surface area contributed by atoms with E-state index in [1.54, 1.807) is 60.7 Å². The van der Waals surface area contributed by atoms with E-state index in [9.17, 15) is 40.7 Å². The third-order valence-electron chi connectivity index (χ3n) is 8.50. The molecule has 20 nitrogen and oxygen atoms in total. The Hall–Kier alpha value is -7.13. The zero-order chi connectivity index (χ0) is 44.3. The van der Waals surface area contributed by atoms with Gasteiger partial charge in [-0.3, -0.25) is 20.2 Å². The average Bonchev–Trinajstić information content (AvgIpc) is 3.26. The van der Waals surface area contributed by atoms with Gasteiger partial charge in [0.1, 0.15) is 46.6 Å². The number of rotatable bonds is 14. The number of anilines is 2. The largest absolute Gasteiger partial charge is 0.506 e. The zero-order valence-electron chi connectivity index (χ0n) is 31.8. The van der Waals surface area contributed by atoms with Crippen molar-refractivity contribution in [1.82, 2.24) is 0 Å². The number of phenols is 4. The minimum Gasteiger partial charge on any atom is -0.506 e. The molecule has 0 atom stereocenters. The molecular formula is C40H30ClCrN7O13S. The van der Waals surface area contributed by atoms with Gasteiger partial charge in [-0.1, -0.05) is 47.0 Å². The number of nitro groups is 2. The Morgan fingerprint density at radius 1 is 0.683 bits per heavy atom. The SMILES string of the molecule is O=[N+]([O-])c1cc(N=Nc2c(SOOO)cc3cc(Nc4ccc(OCCO)cc4)ccc3c2O)c(O)c([N+](=O)[O-])c1.Oc1ccc(Cl)cc1N=Nc1c(O)ccc2ccccc12.[Cr]. The number of nitrogens with one attached hydrogen (secondary N) is 1. The second-order valence-electron chi connectivity index (χ2n) is 12.5. The molecule has 0 radical (unpaired) electrons. The number of azo groups is 2. The summed E-state index contributed by atoms with van der Waals surface area (Å²) < 4.78 is 9.83. The number of ether oxygens (including phenoxy) is 1. The molecule has 0 fully saturated rings. The van der Waals surface area contributed by atoms with Crippen LogP contribution >= 0.6 is 23.6 Å². The van der Waals surface area contributed by atoms with E-state index in [0.717, 1.165) is 16.8 Å². The number of hydrogen-bond donors (Lipinski definition) is 7. The van der Waals surface area contributed by atoms with Gasteiger partial charge in [0.25, 0.3) is 5.69 Å². The second kappa shape index (κ2) is 21.6. The molecule has 0 amide bonds. The first-order valence-electron chi connectivity index (χ1n) is 17.6. The summed E-state index contributed by atoms with van der Waals surface area (Å²) in [7, 11) is 0. The van der Waals surface area contributed by atoms with Gasteiger partial charge in [0.05, 0.1) is 39.5 Å². The van der Waals surface area contributed by atoms with E-state index < -0.39 is 38.4 Å². The van der Waals surface area contributed by atoms with Crippen molar-refractivity contribution >= 4 is 90.7 Å². The molecule has 322 valence electrons. The van der Waals surface area contributed by atoms with Crippen LogP contribution in [-0.2, 0) is 26.7 Å². The molecule has 0 aromatic heterocycles. The first-order chi connectivity index (χ1) is 29.9. The second-order valence-corrected chi connectivity index (χ2v) is 13.7. The smallest absolute Gasteiger partial charge is 0.319 e. The van der Waals surface area contributed by atoms with Crippen molar-refractivity contribution in [2.45, 2.75) is 4.90 Å². The Kier molecular flexibility index (Phi) is 16.1. The maximum atomic E-state index is 11.2. The van der Waals surface area contributed by atoms with Crippen LogP contribution in [0.15, 0.2) is 141 Å². The van der Waals surface area contributed by atoms with Gasteiger partial charge in [-0.2, -0.15) is 0 Å². The van der Waals surface area contributed by atoms with Crippen LogP contribution in [0.1, 0.15) is 0 Å². The van der Waals surface area contributed by atoms with Crippen LogP contribution in [0.25, 0.3) is 21.5 Å². The normalized spacial score (nSPS) is 11.0. The fourth-order valence-electron chi connectivity index (χ4n) is 5.65. The van der Waals surface area contributed by atoms with Crippen molar-refractivity contribution in [1.29, 1.82) is 0 Å². The summed E-state index contributed by atoms with van der Waals surface area (Å²) in [4.78, 5) is 20.5. The fraction of sp³-hybridized carbons (Fsp3) is 0.0500. The van der Waals surface area contributed by atoms with Gasteiger partial charge in [-0.05, 0) is 83.6 Å². The number of nitrogens with zero attached hydrogens (tertiary/aromatic N) is 6. The van der Waals surface area contributed by atoms with Gasteiger partial charge in [-0.25, -0.2) is 5.26 Å². The first kappa shape index (κ1) is 46.9. The summed E-state index contributed by atoms with van der Waals surface area (Å²) in [5, 5.41) is 106. The Morgan fingerprint density at radius 3 is 2.10 bits per heavy atom. The zero-order valence-corrected chi connectivity index (χ0v) is 34.7. The van der Waals surface area contributed by atoms with Crippen molar-refractivity contribution in [2.24, 2.45) is 20.5 Å². The first-order valence-corrected chi connectivity index (χ1v) is 18.7. The summed E-state index contributed by atoms with van der Waals surface area (Å²) in [6.07, 6.45) is 0. The number of aliphatic hydroxyl groups is 1. The Morgan fingerprint density at radius 2 is 1.38 bits per heavy atom. The summed E-state index contributed by atoms with van der Waals surface area (Å²) in [6, 6.07) is 30.1. The van der Waals surface area contributed by atoms with E-state index in [0.29, 0.717) is 56.7 Å². The number of non-ortho nitro benzene ring substituents is 1. The maximum Gasteiger partial charge on any atom is 0.319 e. The van der Waals surface area contributed by atoms with E-state index in [4.69, 9.17) is 26.7 Å². The Balaban J connectivity index is 0.000000284. The summed E-state index contributed by atoms with van der Waals surface area (Å²) in [6.45, 7) is 0.0583. The number of halogens is 1. The third kappa shape index (κ3) is 11.6. The predicted molar refractivity (Wildman–Crippen MR) is 227 cm³/mol. The third-order valence-corrected chi connectivity index (χ3v) is 9.36. The van der Waals surface area contributed by atoms with Crippen LogP contribution in [0.4, 0.5) is 45.5 Å². The quantitative estimate of drug-likeness (QED) is 0.0175. The monoisotopic (exact) mass is 935 g/mol. The minimum atomic E-state index is -1.02. The van der Waals surface area contributed by atoms with Crippen LogP contribution < -0.4 is 10.1 Å². The summed E-state index contributed by atoms with van der Waals surface area (Å²) in [5.41, 5.74) is -0.602. The van der Waals surface area contributed by atoms with Crippen LogP contribution in [0.3, 0.4) is 0 Å². The molecule has 0 saturated heterocycles. The van der Waals surface area contributed by atoms with Crippen molar-refractivity contribution in [3.63, 3.8) is 0 Å². The molecular weight excluding hydrogens is 906 g/mol. The van der Waals surface area contributed by atoms with Gasteiger partial charge < -0.3 is 35.6 Å². The molecule has 0 aliphatic carbocycles. The Labute approximate surface area is 374 Å². The van der Waals surface area contributed by atoms with Gasteiger partial charge in [0.2, 0.25) is 5.75 Å². The molecule has 0 aliphatic rings. The van der Waals surface area contributed by atoms with E-state index in [2.05, 4.69) is 35.1 Å². The molecule has 0 aliphatic heterocycles. The van der Waals surface area contributed by atoms with Gasteiger partial charge in [-0.15, -0.1) is 24.8 Å². The molecule has 7 N–H and O–H groups in total. The predicted octanol–water partition coefficient (Wildman–Crippen LogP) is 11.3. The molecule has 0 spiro atoms. The molecule has 0 heterocycles. The number of aliphatic hydroxyl groups excluding tert-OH is 1. The summed E-state index contributed by atoms with van der Waals surface area (Å²) >= 11 is 6.30. The Bertz CT molecular complexity index is 2860. The van der Waals surface area contributed by atoms with E-state index in [1.165, 1.54) is 18.2 Å². The molecule has 63 heavy (non-hydrogen) atoms. The van der Waals surface area contributed by atoms with Gasteiger partial charge >= 0.3 is 5.69 Å². The molecule has 0 unspecified atom stereocenters. The van der Waals surface area contributed by atoms with Crippen LogP contribution in [0.2, 0.25) is 5.02 Å². The number of fused-ring (bicyclic) bond motifs is 2. The van der Waals surface area contributed by atoms with E-state index >= 15 is 0 Å². The van der Waals surface area contributed by atoms with Crippen LogP contribution in [0.5, 0.6) is 28.7 Å². The number of phenolic OH excluding ortho intramolecular Hbond substituents is 4. The van der Waals surface area contributed by atoms with Crippen molar-refractivity contribution in [2.75, 3.05) is 18.5 Å². The number of hydrogen-bond acceptors (Lipinski definition) is 19. The maximum absolute atomic E-state index is 11.2. The molecule has 7 rings (SSSR count). The summed E-state index contributed by atoms with van der Waals surface area (Å²) in [5.74, 6) is -0.818. The van der Waals surface area contributed by atoms with Gasteiger partial charge in [0.15, 0.2) is 5.75 Å². The molecule has 23 heteroatoms. The molecule has 0 saturated carbocycles. The molecule has 7 aromatic rings. The van der Waals surface area contributed by atoms with E-state index in [1.807, 2.05) is 24.3 Å². The molecule has 7 aromatic carbocycles. The fourth-order valence-corrected chi connectivity index (χ4v) is 6.31. The topological polar surface area (TPSA) is 297 Å². The van der Waals surface area contributed by atoms with Crippen molar-refractivity contribution in [3.05, 3.63) is 141 Å². The standard InChI is InChI=1S/C24H19N5O11S.C16H11ClN2O2.Cr/c30-7-8-38-17-4-1-14(2-5-17)25-15-3-6-18-13(9-15)10-21(41-40-39-37)22(23(18)31)27-26-19-11-16(28(33)34)12-20(24(19)32)29(35)36;17-11-6-8-14(20)13(9-11)18-19-16-12-4-2-1-3-10(12)5-7-15(16)21;/h1-6,9-12,25,30-32,37H,7-8H2;1-9,20-21H;. The number of benzene rings is 7. The number of nitro benzene ring substituents is 2.